The highest BCUT2D eigenvalue weighted by molar-refractivity contribution is 5.14. The van der Waals surface area contributed by atoms with Crippen molar-refractivity contribution in [3.05, 3.63) is 0 Å². The Morgan fingerprint density at radius 3 is 2.44 bits per heavy atom. The van der Waals surface area contributed by atoms with E-state index >= 15 is 0 Å². The number of nitriles is 1. The van der Waals surface area contributed by atoms with Crippen molar-refractivity contribution in [3.8, 4) is 6.07 Å². The molecule has 2 N–H and O–H groups in total. The van der Waals surface area contributed by atoms with Crippen LogP contribution in [-0.4, -0.2) is 43.3 Å². The quantitative estimate of drug-likeness (QED) is 0.763. The van der Waals surface area contributed by atoms with Gasteiger partial charge in [0, 0.05) is 26.7 Å². The predicted molar refractivity (Wildman–Crippen MR) is 61.7 cm³/mol. The van der Waals surface area contributed by atoms with Crippen LogP contribution in [0.3, 0.4) is 0 Å². The van der Waals surface area contributed by atoms with Crippen LogP contribution in [0, 0.1) is 17.2 Å². The molecule has 2 rings (SSSR count). The largest absolute Gasteiger partial charge is 0.381 e. The van der Waals surface area contributed by atoms with Crippen LogP contribution in [0.15, 0.2) is 0 Å². The van der Waals surface area contributed by atoms with Gasteiger partial charge in [-0.15, -0.1) is 0 Å². The van der Waals surface area contributed by atoms with Crippen molar-refractivity contribution in [2.45, 2.75) is 37.3 Å². The van der Waals surface area contributed by atoms with Crippen LogP contribution in [0.25, 0.3) is 0 Å². The first-order chi connectivity index (χ1) is 7.68. The Hall–Kier alpha value is -0.630. The maximum absolute atomic E-state index is 9.20. The van der Waals surface area contributed by atoms with Gasteiger partial charge in [-0.2, -0.15) is 5.26 Å². The van der Waals surface area contributed by atoms with Crippen LogP contribution < -0.4 is 5.73 Å². The summed E-state index contributed by atoms with van der Waals surface area (Å²) < 4.78 is 5.33. The van der Waals surface area contributed by atoms with Crippen molar-refractivity contribution < 1.29 is 4.74 Å². The molecule has 1 saturated heterocycles. The van der Waals surface area contributed by atoms with Crippen molar-refractivity contribution >= 4 is 0 Å². The second-order valence-electron chi connectivity index (χ2n) is 5.14. The van der Waals surface area contributed by atoms with Gasteiger partial charge in [0.1, 0.15) is 5.54 Å². The van der Waals surface area contributed by atoms with Gasteiger partial charge in [-0.05, 0) is 31.6 Å². The van der Waals surface area contributed by atoms with Gasteiger partial charge in [0.05, 0.1) is 12.2 Å². The number of rotatable bonds is 4. The Kier molecular flexibility index (Phi) is 3.48. The predicted octanol–water partition coefficient (Wildman–Crippen LogP) is 0.728. The summed E-state index contributed by atoms with van der Waals surface area (Å²) in [6.07, 6.45) is 4.76. The van der Waals surface area contributed by atoms with Crippen LogP contribution in [0.2, 0.25) is 0 Å². The van der Waals surface area contributed by atoms with E-state index in [0.717, 1.165) is 45.3 Å². The summed E-state index contributed by atoms with van der Waals surface area (Å²) in [5, 5.41) is 9.20. The lowest BCUT2D eigenvalue weighted by Crippen LogP contribution is -2.53. The summed E-state index contributed by atoms with van der Waals surface area (Å²) in [4.78, 5) is 2.32. The first-order valence-corrected chi connectivity index (χ1v) is 6.13. The van der Waals surface area contributed by atoms with E-state index < -0.39 is 5.54 Å². The van der Waals surface area contributed by atoms with Crippen molar-refractivity contribution in [1.82, 2.24) is 4.90 Å². The van der Waals surface area contributed by atoms with E-state index in [1.165, 1.54) is 0 Å². The van der Waals surface area contributed by atoms with Crippen molar-refractivity contribution in [1.29, 1.82) is 5.26 Å². The molecule has 1 heterocycles. The smallest absolute Gasteiger partial charge is 0.119 e. The molecule has 0 spiro atoms. The molecule has 2 fully saturated rings. The zero-order chi connectivity index (χ0) is 11.6. The topological polar surface area (TPSA) is 62.3 Å². The van der Waals surface area contributed by atoms with E-state index in [0.29, 0.717) is 12.0 Å². The number of ether oxygens (including phenoxy) is 1. The molecule has 4 nitrogen and oxygen atoms in total. The monoisotopic (exact) mass is 223 g/mol. The molecular weight excluding hydrogens is 202 g/mol. The van der Waals surface area contributed by atoms with Crippen LogP contribution in [0.5, 0.6) is 0 Å². The Labute approximate surface area is 97.3 Å². The van der Waals surface area contributed by atoms with Crippen LogP contribution >= 0.6 is 0 Å². The van der Waals surface area contributed by atoms with Gasteiger partial charge in [0.25, 0.3) is 0 Å². The normalized spacial score (nSPS) is 27.3. The molecule has 0 aromatic heterocycles. The number of methoxy groups -OCH3 is 1. The van der Waals surface area contributed by atoms with Gasteiger partial charge in [0.15, 0.2) is 0 Å². The maximum Gasteiger partial charge on any atom is 0.119 e. The van der Waals surface area contributed by atoms with Gasteiger partial charge in [0.2, 0.25) is 0 Å². The summed E-state index contributed by atoms with van der Waals surface area (Å²) in [7, 11) is 1.77. The fourth-order valence-corrected chi connectivity index (χ4v) is 2.53. The Morgan fingerprint density at radius 2 is 2.00 bits per heavy atom. The zero-order valence-corrected chi connectivity index (χ0v) is 9.98. The minimum atomic E-state index is -0.611. The molecule has 1 unspecified atom stereocenters. The molecule has 0 aromatic rings. The first-order valence-electron chi connectivity index (χ1n) is 6.13. The third-order valence-electron chi connectivity index (χ3n) is 3.87. The molecule has 1 aliphatic heterocycles. The molecule has 2 aliphatic rings. The van der Waals surface area contributed by atoms with Gasteiger partial charge in [-0.3, -0.25) is 0 Å². The molecule has 1 saturated carbocycles. The molecule has 1 atom stereocenters. The van der Waals surface area contributed by atoms with E-state index in [-0.39, 0.29) is 0 Å². The SMILES string of the molecule is COC1CCN(CC(N)(C#N)C2CC2)CC1. The average Bonchev–Trinajstić information content (AvgIpc) is 3.14. The second-order valence-corrected chi connectivity index (χ2v) is 5.14. The summed E-state index contributed by atoms with van der Waals surface area (Å²) >= 11 is 0. The summed E-state index contributed by atoms with van der Waals surface area (Å²) in [6.45, 7) is 2.74. The van der Waals surface area contributed by atoms with E-state index in [9.17, 15) is 5.26 Å². The zero-order valence-electron chi connectivity index (χ0n) is 9.98. The number of nitrogens with zero attached hydrogens (tertiary/aromatic N) is 2. The van der Waals surface area contributed by atoms with Crippen LogP contribution in [-0.2, 0) is 4.74 Å². The maximum atomic E-state index is 9.20. The molecule has 90 valence electrons. The number of hydrogen-bond acceptors (Lipinski definition) is 4. The minimum Gasteiger partial charge on any atom is -0.381 e. The summed E-state index contributed by atoms with van der Waals surface area (Å²) in [5.74, 6) is 0.428. The minimum absolute atomic E-state index is 0.395. The number of likely N-dealkylation sites (tertiary alicyclic amines) is 1. The van der Waals surface area contributed by atoms with Crippen molar-refractivity contribution in [3.63, 3.8) is 0 Å². The van der Waals surface area contributed by atoms with Gasteiger partial charge in [-0.25, -0.2) is 0 Å². The number of piperidine rings is 1. The Balaban J connectivity index is 1.84. The molecule has 0 bridgehead atoms. The first kappa shape index (κ1) is 11.8. The highest BCUT2D eigenvalue weighted by Crippen LogP contribution is 2.38. The average molecular weight is 223 g/mol. The molecule has 1 aliphatic carbocycles. The lowest BCUT2D eigenvalue weighted by atomic mass is 9.94. The Morgan fingerprint density at radius 1 is 1.38 bits per heavy atom. The molecule has 0 radical (unpaired) electrons. The third-order valence-corrected chi connectivity index (χ3v) is 3.87. The summed E-state index contributed by atoms with van der Waals surface area (Å²) in [6, 6.07) is 2.32. The summed E-state index contributed by atoms with van der Waals surface area (Å²) in [5.41, 5.74) is 5.56. The molecular formula is C12H21N3O. The molecule has 0 aromatic carbocycles. The van der Waals surface area contributed by atoms with Gasteiger partial charge < -0.3 is 15.4 Å². The third kappa shape index (κ3) is 2.54. The fraction of sp³-hybridized carbons (Fsp3) is 0.917. The lowest BCUT2D eigenvalue weighted by Gasteiger charge is -2.35. The highest BCUT2D eigenvalue weighted by Gasteiger charge is 2.44. The second kappa shape index (κ2) is 4.70. The van der Waals surface area contributed by atoms with E-state index in [1.807, 2.05) is 0 Å². The highest BCUT2D eigenvalue weighted by atomic mass is 16.5. The molecule has 4 heteroatoms. The van der Waals surface area contributed by atoms with E-state index in [4.69, 9.17) is 10.5 Å². The number of nitrogens with two attached hydrogens (primary N) is 1. The van der Waals surface area contributed by atoms with E-state index in [1.54, 1.807) is 7.11 Å². The standard InChI is InChI=1S/C12H21N3O/c1-16-11-4-6-15(7-5-11)9-12(14,8-13)10-2-3-10/h10-11H,2-7,9,14H2,1H3. The molecule has 0 amide bonds. The van der Waals surface area contributed by atoms with Crippen LogP contribution in [0.1, 0.15) is 25.7 Å². The Bertz CT molecular complexity index is 276. The van der Waals surface area contributed by atoms with Gasteiger partial charge >= 0.3 is 0 Å². The van der Waals surface area contributed by atoms with E-state index in [2.05, 4.69) is 11.0 Å². The molecule has 16 heavy (non-hydrogen) atoms. The lowest BCUT2D eigenvalue weighted by molar-refractivity contribution is 0.0361. The number of hydrogen-bond donors (Lipinski definition) is 1. The van der Waals surface area contributed by atoms with Crippen molar-refractivity contribution in [2.75, 3.05) is 26.7 Å². The van der Waals surface area contributed by atoms with Crippen LogP contribution in [0.4, 0.5) is 0 Å². The van der Waals surface area contributed by atoms with Crippen molar-refractivity contribution in [2.24, 2.45) is 11.7 Å². The fourth-order valence-electron chi connectivity index (χ4n) is 2.53. The van der Waals surface area contributed by atoms with Gasteiger partial charge in [-0.1, -0.05) is 0 Å².